The number of anilines is 1. The van der Waals surface area contributed by atoms with Crippen molar-refractivity contribution in [2.24, 2.45) is 5.73 Å². The van der Waals surface area contributed by atoms with Gasteiger partial charge < -0.3 is 11.1 Å². The van der Waals surface area contributed by atoms with Crippen LogP contribution in [0.25, 0.3) is 5.65 Å². The Bertz CT molecular complexity index is 477. The van der Waals surface area contributed by atoms with E-state index in [1.807, 2.05) is 10.6 Å². The molecular formula is C12H19N5. The zero-order valence-electron chi connectivity index (χ0n) is 10.2. The number of pyridine rings is 1. The second kappa shape index (κ2) is 5.63. The highest BCUT2D eigenvalue weighted by molar-refractivity contribution is 5.51. The molecule has 0 bridgehead atoms. The van der Waals surface area contributed by atoms with Gasteiger partial charge >= 0.3 is 0 Å². The monoisotopic (exact) mass is 233 g/mol. The molecule has 0 aliphatic rings. The fourth-order valence-electron chi connectivity index (χ4n) is 1.85. The highest BCUT2D eigenvalue weighted by atomic mass is 15.3. The van der Waals surface area contributed by atoms with Crippen molar-refractivity contribution >= 4 is 11.5 Å². The maximum absolute atomic E-state index is 5.46. The molecule has 0 amide bonds. The quantitative estimate of drug-likeness (QED) is 0.743. The van der Waals surface area contributed by atoms with E-state index >= 15 is 0 Å². The van der Waals surface area contributed by atoms with E-state index in [9.17, 15) is 0 Å². The minimum atomic E-state index is 0.776. The van der Waals surface area contributed by atoms with Crippen LogP contribution in [0.4, 0.5) is 5.82 Å². The summed E-state index contributed by atoms with van der Waals surface area (Å²) < 4.78 is 1.83. The Kier molecular flexibility index (Phi) is 3.93. The SMILES string of the molecule is Cc1cc(NCCCCCN)n2ncnc2c1. The largest absolute Gasteiger partial charge is 0.370 e. The van der Waals surface area contributed by atoms with Crippen molar-refractivity contribution in [3.05, 3.63) is 24.0 Å². The van der Waals surface area contributed by atoms with Gasteiger partial charge in [-0.2, -0.15) is 9.61 Å². The lowest BCUT2D eigenvalue weighted by molar-refractivity contribution is 0.705. The third-order valence-corrected chi connectivity index (χ3v) is 2.71. The zero-order chi connectivity index (χ0) is 12.1. The van der Waals surface area contributed by atoms with Gasteiger partial charge in [0.05, 0.1) is 0 Å². The summed E-state index contributed by atoms with van der Waals surface area (Å²) in [6.45, 7) is 3.78. The van der Waals surface area contributed by atoms with E-state index in [4.69, 9.17) is 5.73 Å². The maximum atomic E-state index is 5.46. The molecule has 0 radical (unpaired) electrons. The third kappa shape index (κ3) is 2.94. The van der Waals surface area contributed by atoms with Gasteiger partial charge in [-0.15, -0.1) is 0 Å². The molecule has 0 aliphatic carbocycles. The molecule has 0 unspecified atom stereocenters. The Balaban J connectivity index is 2.00. The molecule has 0 saturated carbocycles. The second-order valence-electron chi connectivity index (χ2n) is 4.22. The predicted molar refractivity (Wildman–Crippen MR) is 69.1 cm³/mol. The Morgan fingerprint density at radius 3 is 3.00 bits per heavy atom. The summed E-state index contributed by atoms with van der Waals surface area (Å²) in [5, 5.41) is 7.59. The minimum Gasteiger partial charge on any atom is -0.370 e. The molecule has 2 aromatic rings. The number of rotatable bonds is 6. The molecule has 5 heteroatoms. The number of nitrogens with one attached hydrogen (secondary N) is 1. The van der Waals surface area contributed by atoms with Crippen LogP contribution >= 0.6 is 0 Å². The maximum Gasteiger partial charge on any atom is 0.157 e. The summed E-state index contributed by atoms with van der Waals surface area (Å²) in [6, 6.07) is 4.11. The normalized spacial score (nSPS) is 10.9. The lowest BCUT2D eigenvalue weighted by Gasteiger charge is -2.08. The molecule has 0 aromatic carbocycles. The molecule has 5 nitrogen and oxygen atoms in total. The van der Waals surface area contributed by atoms with Crippen LogP contribution in [-0.2, 0) is 0 Å². The van der Waals surface area contributed by atoms with Crippen LogP contribution in [0.2, 0.25) is 0 Å². The molecular weight excluding hydrogens is 214 g/mol. The van der Waals surface area contributed by atoms with Crippen LogP contribution in [0.5, 0.6) is 0 Å². The number of hydrogen-bond donors (Lipinski definition) is 2. The van der Waals surface area contributed by atoms with E-state index in [2.05, 4.69) is 28.4 Å². The second-order valence-corrected chi connectivity index (χ2v) is 4.22. The number of nitrogens with zero attached hydrogens (tertiary/aromatic N) is 3. The average molecular weight is 233 g/mol. The first-order valence-corrected chi connectivity index (χ1v) is 6.05. The Morgan fingerprint density at radius 2 is 2.18 bits per heavy atom. The Labute approximate surface area is 101 Å². The molecule has 0 spiro atoms. The van der Waals surface area contributed by atoms with Crippen LogP contribution < -0.4 is 11.1 Å². The van der Waals surface area contributed by atoms with Crippen molar-refractivity contribution < 1.29 is 0 Å². The molecule has 0 atom stereocenters. The van der Waals surface area contributed by atoms with Crippen molar-refractivity contribution in [2.75, 3.05) is 18.4 Å². The van der Waals surface area contributed by atoms with Crippen molar-refractivity contribution in [3.8, 4) is 0 Å². The van der Waals surface area contributed by atoms with E-state index in [0.29, 0.717) is 0 Å². The third-order valence-electron chi connectivity index (χ3n) is 2.71. The molecule has 3 N–H and O–H groups in total. The van der Waals surface area contributed by atoms with Crippen molar-refractivity contribution in [2.45, 2.75) is 26.2 Å². The highest BCUT2D eigenvalue weighted by Gasteiger charge is 2.02. The van der Waals surface area contributed by atoms with E-state index in [0.717, 1.165) is 43.8 Å². The zero-order valence-corrected chi connectivity index (χ0v) is 10.2. The van der Waals surface area contributed by atoms with Crippen LogP contribution in [-0.4, -0.2) is 27.7 Å². The number of unbranched alkanes of at least 4 members (excludes halogenated alkanes) is 2. The molecule has 2 heterocycles. The van der Waals surface area contributed by atoms with E-state index in [-0.39, 0.29) is 0 Å². The van der Waals surface area contributed by atoms with Gasteiger partial charge in [0.25, 0.3) is 0 Å². The van der Waals surface area contributed by atoms with Gasteiger partial charge in [0, 0.05) is 6.54 Å². The molecule has 0 fully saturated rings. The molecule has 0 aliphatic heterocycles. The average Bonchev–Trinajstić information content (AvgIpc) is 2.76. The summed E-state index contributed by atoms with van der Waals surface area (Å²) >= 11 is 0. The summed E-state index contributed by atoms with van der Waals surface area (Å²) in [6.07, 6.45) is 4.96. The topological polar surface area (TPSA) is 68.2 Å². The van der Waals surface area contributed by atoms with Crippen LogP contribution in [0.3, 0.4) is 0 Å². The Hall–Kier alpha value is -1.62. The summed E-state index contributed by atoms with van der Waals surface area (Å²) in [7, 11) is 0. The fraction of sp³-hybridized carbons (Fsp3) is 0.500. The van der Waals surface area contributed by atoms with Gasteiger partial charge in [-0.25, -0.2) is 4.98 Å². The van der Waals surface area contributed by atoms with E-state index < -0.39 is 0 Å². The highest BCUT2D eigenvalue weighted by Crippen LogP contribution is 2.13. The number of nitrogens with two attached hydrogens (primary N) is 1. The lowest BCUT2D eigenvalue weighted by Crippen LogP contribution is -2.08. The van der Waals surface area contributed by atoms with E-state index in [1.54, 1.807) is 6.33 Å². The molecule has 92 valence electrons. The Morgan fingerprint density at radius 1 is 1.29 bits per heavy atom. The first-order valence-electron chi connectivity index (χ1n) is 6.05. The number of aryl methyl sites for hydroxylation is 1. The predicted octanol–water partition coefficient (Wildman–Crippen LogP) is 1.58. The summed E-state index contributed by atoms with van der Waals surface area (Å²) in [5.41, 5.74) is 7.53. The standard InChI is InChI=1S/C12H19N5/c1-10-7-11(14-6-4-2-3-5-13)17-12(8-10)15-9-16-17/h7-9,14H,2-6,13H2,1H3. The van der Waals surface area contributed by atoms with Crippen LogP contribution in [0.1, 0.15) is 24.8 Å². The molecule has 2 aromatic heterocycles. The number of fused-ring (bicyclic) bond motifs is 1. The number of aromatic nitrogens is 3. The van der Waals surface area contributed by atoms with Gasteiger partial charge in [-0.3, -0.25) is 0 Å². The van der Waals surface area contributed by atoms with Gasteiger partial charge in [-0.1, -0.05) is 6.42 Å². The van der Waals surface area contributed by atoms with Gasteiger partial charge in [0.1, 0.15) is 12.1 Å². The van der Waals surface area contributed by atoms with Gasteiger partial charge in [0.2, 0.25) is 0 Å². The smallest absolute Gasteiger partial charge is 0.157 e. The van der Waals surface area contributed by atoms with Gasteiger partial charge in [0.15, 0.2) is 5.65 Å². The van der Waals surface area contributed by atoms with Gasteiger partial charge in [-0.05, 0) is 44.0 Å². The first kappa shape index (κ1) is 11.9. The minimum absolute atomic E-state index is 0.776. The first-order chi connectivity index (χ1) is 8.31. The fourth-order valence-corrected chi connectivity index (χ4v) is 1.85. The van der Waals surface area contributed by atoms with Crippen molar-refractivity contribution in [1.29, 1.82) is 0 Å². The van der Waals surface area contributed by atoms with E-state index in [1.165, 1.54) is 5.56 Å². The van der Waals surface area contributed by atoms with Crippen LogP contribution in [0.15, 0.2) is 18.5 Å². The van der Waals surface area contributed by atoms with Crippen molar-refractivity contribution in [3.63, 3.8) is 0 Å². The summed E-state index contributed by atoms with van der Waals surface area (Å²) in [5.74, 6) is 1.00. The van der Waals surface area contributed by atoms with Crippen LogP contribution in [0, 0.1) is 6.92 Å². The molecule has 0 saturated heterocycles. The lowest BCUT2D eigenvalue weighted by atomic mass is 10.2. The number of hydrogen-bond acceptors (Lipinski definition) is 4. The summed E-state index contributed by atoms with van der Waals surface area (Å²) in [4.78, 5) is 4.19. The molecule has 2 rings (SSSR count). The van der Waals surface area contributed by atoms with Crippen molar-refractivity contribution in [1.82, 2.24) is 14.6 Å². The molecule has 17 heavy (non-hydrogen) atoms.